The highest BCUT2D eigenvalue weighted by Crippen LogP contribution is 2.28. The molecule has 2 fully saturated rings. The van der Waals surface area contributed by atoms with Gasteiger partial charge in [-0.15, -0.1) is 0 Å². The molecule has 1 saturated heterocycles. The van der Waals surface area contributed by atoms with Crippen LogP contribution in [0.2, 0.25) is 0 Å². The highest BCUT2D eigenvalue weighted by molar-refractivity contribution is 7.98. The van der Waals surface area contributed by atoms with Crippen LogP contribution in [0.3, 0.4) is 0 Å². The first-order valence-corrected chi connectivity index (χ1v) is 7.72. The fraction of sp³-hybridized carbons (Fsp3) is 0.917. The average molecular weight is 242 g/mol. The quantitative estimate of drug-likeness (QED) is 0.766. The van der Waals surface area contributed by atoms with Gasteiger partial charge in [0, 0.05) is 30.8 Å². The van der Waals surface area contributed by atoms with Crippen molar-refractivity contribution in [1.29, 1.82) is 0 Å². The minimum Gasteiger partial charge on any atom is -0.338 e. The average Bonchev–Trinajstić information content (AvgIpc) is 3.00. The van der Waals surface area contributed by atoms with Crippen molar-refractivity contribution in [2.75, 3.05) is 25.1 Å². The second kappa shape index (κ2) is 5.92. The maximum atomic E-state index is 12.1. The molecule has 1 N–H and O–H groups in total. The van der Waals surface area contributed by atoms with Crippen LogP contribution in [0.4, 0.5) is 0 Å². The zero-order valence-corrected chi connectivity index (χ0v) is 10.9. The first-order valence-electron chi connectivity index (χ1n) is 6.33. The van der Waals surface area contributed by atoms with Crippen LogP contribution in [0, 0.1) is 0 Å². The number of nitrogens with one attached hydrogen (secondary N) is 1. The van der Waals surface area contributed by atoms with Crippen molar-refractivity contribution in [2.45, 2.75) is 44.2 Å². The van der Waals surface area contributed by atoms with Crippen molar-refractivity contribution < 1.29 is 4.79 Å². The molecule has 16 heavy (non-hydrogen) atoms. The second-order valence-corrected chi connectivity index (χ2v) is 5.80. The van der Waals surface area contributed by atoms with Crippen molar-refractivity contribution in [3.05, 3.63) is 0 Å². The number of nitrogens with zero attached hydrogens (tertiary/aromatic N) is 1. The van der Waals surface area contributed by atoms with Gasteiger partial charge in [0.15, 0.2) is 0 Å². The van der Waals surface area contributed by atoms with Crippen LogP contribution in [-0.2, 0) is 4.79 Å². The van der Waals surface area contributed by atoms with Gasteiger partial charge in [-0.05, 0) is 38.5 Å². The maximum Gasteiger partial charge on any atom is 0.223 e. The van der Waals surface area contributed by atoms with Crippen LogP contribution in [0.25, 0.3) is 0 Å². The molecule has 1 aliphatic carbocycles. The summed E-state index contributed by atoms with van der Waals surface area (Å²) < 4.78 is 0. The third-order valence-electron chi connectivity index (χ3n) is 3.41. The molecule has 1 atom stereocenters. The SMILES string of the molecule is CSCCC(=O)N(C[C@H]1CCCN1)C1CC1. The lowest BCUT2D eigenvalue weighted by atomic mass is 10.2. The van der Waals surface area contributed by atoms with E-state index in [1.54, 1.807) is 11.8 Å². The van der Waals surface area contributed by atoms with Gasteiger partial charge in [-0.3, -0.25) is 4.79 Å². The Morgan fingerprint density at radius 3 is 2.81 bits per heavy atom. The van der Waals surface area contributed by atoms with Gasteiger partial charge in [-0.2, -0.15) is 11.8 Å². The molecule has 0 spiro atoms. The molecule has 0 radical (unpaired) electrons. The largest absolute Gasteiger partial charge is 0.338 e. The molecule has 0 aromatic carbocycles. The molecular weight excluding hydrogens is 220 g/mol. The van der Waals surface area contributed by atoms with Crippen molar-refractivity contribution in [1.82, 2.24) is 10.2 Å². The molecule has 2 aliphatic rings. The van der Waals surface area contributed by atoms with E-state index in [-0.39, 0.29) is 0 Å². The molecule has 1 amide bonds. The minimum atomic E-state index is 0.366. The lowest BCUT2D eigenvalue weighted by Gasteiger charge is -2.25. The summed E-state index contributed by atoms with van der Waals surface area (Å²) in [6.45, 7) is 2.07. The Kier molecular flexibility index (Phi) is 4.53. The third-order valence-corrected chi connectivity index (χ3v) is 4.02. The zero-order valence-electron chi connectivity index (χ0n) is 10.1. The molecule has 0 unspecified atom stereocenters. The van der Waals surface area contributed by atoms with E-state index >= 15 is 0 Å². The summed E-state index contributed by atoms with van der Waals surface area (Å²) in [4.78, 5) is 14.2. The minimum absolute atomic E-state index is 0.366. The second-order valence-electron chi connectivity index (χ2n) is 4.81. The molecule has 92 valence electrons. The normalized spacial score (nSPS) is 24.7. The van der Waals surface area contributed by atoms with E-state index < -0.39 is 0 Å². The standard InChI is InChI=1S/C12H22N2OS/c1-16-8-6-12(15)14(11-4-5-11)9-10-3-2-7-13-10/h10-11,13H,2-9H2,1H3/t10-/m1/s1. The summed E-state index contributed by atoms with van der Waals surface area (Å²) in [6, 6.07) is 1.12. The molecule has 1 heterocycles. The molecule has 1 aliphatic heterocycles. The fourth-order valence-corrected chi connectivity index (χ4v) is 2.70. The van der Waals surface area contributed by atoms with E-state index in [0.717, 1.165) is 18.8 Å². The predicted octanol–water partition coefficient (Wildman–Crippen LogP) is 1.48. The number of carbonyl (C=O) groups is 1. The highest BCUT2D eigenvalue weighted by atomic mass is 32.2. The Bertz CT molecular complexity index is 237. The topological polar surface area (TPSA) is 32.3 Å². The zero-order chi connectivity index (χ0) is 11.4. The van der Waals surface area contributed by atoms with Gasteiger partial charge in [0.25, 0.3) is 0 Å². The van der Waals surface area contributed by atoms with E-state index in [1.165, 1.54) is 25.7 Å². The fourth-order valence-electron chi connectivity index (χ4n) is 2.32. The number of carbonyl (C=O) groups excluding carboxylic acids is 1. The van der Waals surface area contributed by atoms with Crippen molar-refractivity contribution in [3.8, 4) is 0 Å². The van der Waals surface area contributed by atoms with Crippen molar-refractivity contribution in [2.24, 2.45) is 0 Å². The van der Waals surface area contributed by atoms with Gasteiger partial charge in [0.2, 0.25) is 5.91 Å². The Labute approximate surface area is 102 Å². The van der Waals surface area contributed by atoms with Crippen LogP contribution < -0.4 is 5.32 Å². The number of hydrogen-bond acceptors (Lipinski definition) is 3. The van der Waals surface area contributed by atoms with Gasteiger partial charge in [0.05, 0.1) is 0 Å². The maximum absolute atomic E-state index is 12.1. The Morgan fingerprint density at radius 1 is 1.44 bits per heavy atom. The molecule has 3 nitrogen and oxygen atoms in total. The Hall–Kier alpha value is -0.220. The van der Waals surface area contributed by atoms with Crippen LogP contribution in [0.1, 0.15) is 32.1 Å². The van der Waals surface area contributed by atoms with Crippen LogP contribution >= 0.6 is 11.8 Å². The lowest BCUT2D eigenvalue weighted by molar-refractivity contribution is -0.131. The molecule has 0 bridgehead atoms. The number of thioether (sulfide) groups is 1. The van der Waals surface area contributed by atoms with Crippen molar-refractivity contribution >= 4 is 17.7 Å². The number of rotatable bonds is 6. The van der Waals surface area contributed by atoms with Gasteiger partial charge < -0.3 is 10.2 Å². The summed E-state index contributed by atoms with van der Waals surface area (Å²) in [7, 11) is 0. The Balaban J connectivity index is 1.81. The molecular formula is C12H22N2OS. The molecule has 0 aromatic rings. The molecule has 0 aromatic heterocycles. The number of hydrogen-bond donors (Lipinski definition) is 1. The summed E-state index contributed by atoms with van der Waals surface area (Å²) >= 11 is 1.76. The number of amides is 1. The van der Waals surface area contributed by atoms with Crippen LogP contribution in [0.5, 0.6) is 0 Å². The monoisotopic (exact) mass is 242 g/mol. The van der Waals surface area contributed by atoms with Crippen LogP contribution in [0.15, 0.2) is 0 Å². The molecule has 2 rings (SSSR count). The van der Waals surface area contributed by atoms with Crippen molar-refractivity contribution in [3.63, 3.8) is 0 Å². The van der Waals surface area contributed by atoms with E-state index in [0.29, 0.717) is 24.4 Å². The highest BCUT2D eigenvalue weighted by Gasteiger charge is 2.33. The molecule has 4 heteroatoms. The van der Waals surface area contributed by atoms with E-state index in [4.69, 9.17) is 0 Å². The first-order chi connectivity index (χ1) is 7.81. The van der Waals surface area contributed by atoms with Gasteiger partial charge in [-0.1, -0.05) is 0 Å². The summed E-state index contributed by atoms with van der Waals surface area (Å²) in [5, 5.41) is 3.48. The molecule has 1 saturated carbocycles. The van der Waals surface area contributed by atoms with Gasteiger partial charge in [0.1, 0.15) is 0 Å². The van der Waals surface area contributed by atoms with E-state index in [9.17, 15) is 4.79 Å². The van der Waals surface area contributed by atoms with E-state index in [2.05, 4.69) is 16.5 Å². The van der Waals surface area contributed by atoms with Gasteiger partial charge >= 0.3 is 0 Å². The summed E-state index contributed by atoms with van der Waals surface area (Å²) in [5.74, 6) is 1.32. The van der Waals surface area contributed by atoms with Crippen LogP contribution in [-0.4, -0.2) is 48.0 Å². The van der Waals surface area contributed by atoms with Gasteiger partial charge in [-0.25, -0.2) is 0 Å². The predicted molar refractivity (Wildman–Crippen MR) is 68.8 cm³/mol. The summed E-state index contributed by atoms with van der Waals surface area (Å²) in [6.07, 6.45) is 7.72. The summed E-state index contributed by atoms with van der Waals surface area (Å²) in [5.41, 5.74) is 0. The Morgan fingerprint density at radius 2 is 2.25 bits per heavy atom. The first kappa shape index (κ1) is 12.2. The van der Waals surface area contributed by atoms with E-state index in [1.807, 2.05) is 0 Å². The smallest absolute Gasteiger partial charge is 0.223 e. The lowest BCUT2D eigenvalue weighted by Crippen LogP contribution is -2.42. The third kappa shape index (κ3) is 3.39.